The van der Waals surface area contributed by atoms with Gasteiger partial charge in [-0.3, -0.25) is 4.79 Å². The van der Waals surface area contributed by atoms with Gasteiger partial charge in [-0.25, -0.2) is 4.98 Å². The zero-order chi connectivity index (χ0) is 15.6. The quantitative estimate of drug-likeness (QED) is 0.911. The van der Waals surface area contributed by atoms with Crippen molar-refractivity contribution in [3.63, 3.8) is 0 Å². The maximum absolute atomic E-state index is 12.5. The van der Waals surface area contributed by atoms with Crippen LogP contribution in [-0.4, -0.2) is 16.4 Å². The van der Waals surface area contributed by atoms with Gasteiger partial charge < -0.3 is 15.5 Å². The number of nitrogens with two attached hydrogens (primary N) is 1. The minimum atomic E-state index is -0.744. The fourth-order valence-corrected chi connectivity index (χ4v) is 2.95. The first-order chi connectivity index (χ1) is 10.6. The van der Waals surface area contributed by atoms with E-state index in [1.165, 1.54) is 6.26 Å². The standard InChI is InChI=1S/C17H21N3O2/c1-12-5-6-13(11-14(12)15-19-9-10-22-15)20-16(21)17(18)7-3-2-4-8-17/h5-6,9-11H,2-4,7-8,18H2,1H3,(H,20,21). The number of carbonyl (C=O) groups is 1. The highest BCUT2D eigenvalue weighted by Crippen LogP contribution is 2.29. The molecule has 0 radical (unpaired) electrons. The number of oxazole rings is 1. The molecular formula is C17H21N3O2. The second-order valence-electron chi connectivity index (χ2n) is 6.04. The van der Waals surface area contributed by atoms with E-state index < -0.39 is 5.54 Å². The maximum Gasteiger partial charge on any atom is 0.244 e. The van der Waals surface area contributed by atoms with Crippen molar-refractivity contribution in [2.45, 2.75) is 44.6 Å². The Kier molecular flexibility index (Phi) is 3.98. The predicted octanol–water partition coefficient (Wildman–Crippen LogP) is 3.25. The molecule has 1 aliphatic rings. The Morgan fingerprint density at radius 2 is 2.09 bits per heavy atom. The molecule has 2 aromatic rings. The molecule has 5 heteroatoms. The molecule has 0 saturated heterocycles. The van der Waals surface area contributed by atoms with Crippen LogP contribution in [0.5, 0.6) is 0 Å². The van der Waals surface area contributed by atoms with Gasteiger partial charge in [0.15, 0.2) is 0 Å². The summed E-state index contributed by atoms with van der Waals surface area (Å²) in [5.74, 6) is 0.447. The Labute approximate surface area is 129 Å². The van der Waals surface area contributed by atoms with E-state index in [4.69, 9.17) is 10.2 Å². The van der Waals surface area contributed by atoms with Gasteiger partial charge in [0.1, 0.15) is 6.26 Å². The number of hydrogen-bond acceptors (Lipinski definition) is 4. The number of rotatable bonds is 3. The van der Waals surface area contributed by atoms with Gasteiger partial charge >= 0.3 is 0 Å². The van der Waals surface area contributed by atoms with E-state index in [1.54, 1.807) is 6.20 Å². The van der Waals surface area contributed by atoms with Crippen LogP contribution >= 0.6 is 0 Å². The SMILES string of the molecule is Cc1ccc(NC(=O)C2(N)CCCCC2)cc1-c1ncco1. The monoisotopic (exact) mass is 299 g/mol. The fourth-order valence-electron chi connectivity index (χ4n) is 2.95. The fraction of sp³-hybridized carbons (Fsp3) is 0.412. The smallest absolute Gasteiger partial charge is 0.244 e. The predicted molar refractivity (Wildman–Crippen MR) is 85.3 cm³/mol. The molecule has 1 saturated carbocycles. The average molecular weight is 299 g/mol. The first-order valence-corrected chi connectivity index (χ1v) is 7.69. The highest BCUT2D eigenvalue weighted by atomic mass is 16.3. The highest BCUT2D eigenvalue weighted by Gasteiger charge is 2.35. The van der Waals surface area contributed by atoms with E-state index in [2.05, 4.69) is 10.3 Å². The molecule has 1 amide bonds. The van der Waals surface area contributed by atoms with Crippen LogP contribution < -0.4 is 11.1 Å². The second-order valence-corrected chi connectivity index (χ2v) is 6.04. The minimum absolute atomic E-state index is 0.102. The summed E-state index contributed by atoms with van der Waals surface area (Å²) in [7, 11) is 0. The Balaban J connectivity index is 1.81. The van der Waals surface area contributed by atoms with E-state index in [9.17, 15) is 4.79 Å². The third-order valence-corrected chi connectivity index (χ3v) is 4.36. The number of nitrogens with zero attached hydrogens (tertiary/aromatic N) is 1. The van der Waals surface area contributed by atoms with Crippen LogP contribution in [-0.2, 0) is 4.79 Å². The highest BCUT2D eigenvalue weighted by molar-refractivity contribution is 5.98. The number of amides is 1. The van der Waals surface area contributed by atoms with Crippen molar-refractivity contribution < 1.29 is 9.21 Å². The number of nitrogens with one attached hydrogen (secondary N) is 1. The summed E-state index contributed by atoms with van der Waals surface area (Å²) in [5.41, 5.74) is 8.16. The number of benzene rings is 1. The first-order valence-electron chi connectivity index (χ1n) is 7.69. The van der Waals surface area contributed by atoms with Gasteiger partial charge in [-0.1, -0.05) is 25.3 Å². The Hall–Kier alpha value is -2.14. The minimum Gasteiger partial charge on any atom is -0.445 e. The summed E-state index contributed by atoms with van der Waals surface area (Å²) in [4.78, 5) is 16.7. The first kappa shape index (κ1) is 14.8. The normalized spacial score (nSPS) is 17.2. The van der Waals surface area contributed by atoms with E-state index in [-0.39, 0.29) is 5.91 Å². The van der Waals surface area contributed by atoms with E-state index in [0.29, 0.717) is 5.89 Å². The number of aromatic nitrogens is 1. The van der Waals surface area contributed by atoms with Crippen molar-refractivity contribution in [1.29, 1.82) is 0 Å². The lowest BCUT2D eigenvalue weighted by molar-refractivity contribution is -0.122. The van der Waals surface area contributed by atoms with Crippen molar-refractivity contribution in [3.05, 3.63) is 36.2 Å². The van der Waals surface area contributed by atoms with Crippen LogP contribution in [0.15, 0.2) is 35.1 Å². The third-order valence-electron chi connectivity index (χ3n) is 4.36. The second kappa shape index (κ2) is 5.93. The summed E-state index contributed by atoms with van der Waals surface area (Å²) in [6.45, 7) is 1.98. The number of anilines is 1. The van der Waals surface area contributed by atoms with Crippen molar-refractivity contribution in [3.8, 4) is 11.5 Å². The summed E-state index contributed by atoms with van der Waals surface area (Å²) in [6.07, 6.45) is 7.83. The molecule has 0 atom stereocenters. The van der Waals surface area contributed by atoms with Gasteiger partial charge in [-0.05, 0) is 37.5 Å². The topological polar surface area (TPSA) is 81.2 Å². The van der Waals surface area contributed by atoms with E-state index in [0.717, 1.165) is 48.9 Å². The van der Waals surface area contributed by atoms with Crippen LogP contribution in [0.25, 0.3) is 11.5 Å². The van der Waals surface area contributed by atoms with Gasteiger partial charge in [-0.15, -0.1) is 0 Å². The summed E-state index contributed by atoms with van der Waals surface area (Å²) >= 11 is 0. The van der Waals surface area contributed by atoms with Crippen molar-refractivity contribution in [1.82, 2.24) is 4.98 Å². The van der Waals surface area contributed by atoms with Crippen molar-refractivity contribution >= 4 is 11.6 Å². The van der Waals surface area contributed by atoms with Gasteiger partial charge in [0.25, 0.3) is 0 Å². The largest absolute Gasteiger partial charge is 0.445 e. The molecule has 5 nitrogen and oxygen atoms in total. The van der Waals surface area contributed by atoms with Gasteiger partial charge in [0.2, 0.25) is 11.8 Å². The molecule has 0 aliphatic heterocycles. The van der Waals surface area contributed by atoms with E-state index >= 15 is 0 Å². The average Bonchev–Trinajstić information content (AvgIpc) is 3.04. The summed E-state index contributed by atoms with van der Waals surface area (Å²) < 4.78 is 5.35. The molecule has 1 aromatic carbocycles. The van der Waals surface area contributed by atoms with Crippen molar-refractivity contribution in [2.75, 3.05) is 5.32 Å². The maximum atomic E-state index is 12.5. The Morgan fingerprint density at radius 3 is 2.77 bits per heavy atom. The van der Waals surface area contributed by atoms with Crippen LogP contribution in [0.2, 0.25) is 0 Å². The van der Waals surface area contributed by atoms with Crippen molar-refractivity contribution in [2.24, 2.45) is 5.73 Å². The lowest BCUT2D eigenvalue weighted by atomic mass is 9.82. The lowest BCUT2D eigenvalue weighted by Gasteiger charge is -2.31. The van der Waals surface area contributed by atoms with Gasteiger partial charge in [0, 0.05) is 11.3 Å². The van der Waals surface area contributed by atoms with Crippen LogP contribution in [0.1, 0.15) is 37.7 Å². The molecule has 1 fully saturated rings. The molecule has 1 aliphatic carbocycles. The number of carbonyl (C=O) groups excluding carboxylic acids is 1. The molecule has 22 heavy (non-hydrogen) atoms. The third kappa shape index (κ3) is 2.90. The molecule has 116 valence electrons. The summed E-state index contributed by atoms with van der Waals surface area (Å²) in [6, 6.07) is 5.70. The molecule has 0 bridgehead atoms. The zero-order valence-electron chi connectivity index (χ0n) is 12.8. The Bertz CT molecular complexity index is 659. The van der Waals surface area contributed by atoms with Crippen LogP contribution in [0.3, 0.4) is 0 Å². The van der Waals surface area contributed by atoms with Gasteiger partial charge in [0.05, 0.1) is 11.7 Å². The van der Waals surface area contributed by atoms with Crippen LogP contribution in [0, 0.1) is 6.92 Å². The molecule has 0 spiro atoms. The molecule has 3 N–H and O–H groups in total. The Morgan fingerprint density at radius 1 is 1.32 bits per heavy atom. The zero-order valence-corrected chi connectivity index (χ0v) is 12.8. The van der Waals surface area contributed by atoms with Gasteiger partial charge in [-0.2, -0.15) is 0 Å². The number of hydrogen-bond donors (Lipinski definition) is 2. The molecule has 1 heterocycles. The lowest BCUT2D eigenvalue weighted by Crippen LogP contribution is -2.52. The molecule has 3 rings (SSSR count). The molecule has 1 aromatic heterocycles. The van der Waals surface area contributed by atoms with E-state index in [1.807, 2.05) is 25.1 Å². The molecule has 0 unspecified atom stereocenters. The molecular weight excluding hydrogens is 278 g/mol. The van der Waals surface area contributed by atoms with Crippen LogP contribution in [0.4, 0.5) is 5.69 Å². The summed E-state index contributed by atoms with van der Waals surface area (Å²) in [5, 5.41) is 2.95. The number of aryl methyl sites for hydroxylation is 1.